The Kier molecular flexibility index (Phi) is 3.17. The number of hydrogen-bond acceptors (Lipinski definition) is 4. The molecule has 1 aromatic heterocycles. The van der Waals surface area contributed by atoms with Crippen LogP contribution in [0.2, 0.25) is 5.15 Å². The molecule has 13 heavy (non-hydrogen) atoms. The number of carbonyl (C=O) groups excluding carboxylic acids is 1. The van der Waals surface area contributed by atoms with Gasteiger partial charge in [0.15, 0.2) is 11.0 Å². The summed E-state index contributed by atoms with van der Waals surface area (Å²) in [6, 6.07) is 4.71. The van der Waals surface area contributed by atoms with E-state index in [4.69, 9.17) is 16.9 Å². The molecule has 1 heterocycles. The monoisotopic (exact) mass is 196 g/mol. The molecule has 0 radical (unpaired) electrons. The molecule has 0 bridgehead atoms. The Labute approximate surface area is 79.3 Å². The number of nitrogens with one attached hydrogen (secondary N) is 1. The lowest BCUT2D eigenvalue weighted by Crippen LogP contribution is -2.11. The van der Waals surface area contributed by atoms with Gasteiger partial charge in [-0.05, 0) is 12.1 Å². The molecule has 66 valence electrons. The molecule has 0 saturated carbocycles. The van der Waals surface area contributed by atoms with Crippen molar-refractivity contribution in [1.82, 2.24) is 10.2 Å². The number of rotatable bonds is 2. The van der Waals surface area contributed by atoms with Gasteiger partial charge in [0.2, 0.25) is 5.91 Å². The minimum Gasteiger partial charge on any atom is -0.308 e. The fourth-order valence-corrected chi connectivity index (χ4v) is 0.742. The maximum Gasteiger partial charge on any atom is 0.239 e. The first-order valence-electron chi connectivity index (χ1n) is 3.38. The van der Waals surface area contributed by atoms with Crippen LogP contribution in [0.4, 0.5) is 5.82 Å². The van der Waals surface area contributed by atoms with Crippen molar-refractivity contribution in [1.29, 1.82) is 5.26 Å². The molecule has 6 heteroatoms. The zero-order valence-electron chi connectivity index (χ0n) is 6.49. The smallest absolute Gasteiger partial charge is 0.239 e. The number of halogens is 1. The Hall–Kier alpha value is -1.67. The second kappa shape index (κ2) is 4.38. The zero-order chi connectivity index (χ0) is 9.68. The largest absolute Gasteiger partial charge is 0.308 e. The van der Waals surface area contributed by atoms with E-state index >= 15 is 0 Å². The average molecular weight is 197 g/mol. The van der Waals surface area contributed by atoms with Crippen molar-refractivity contribution in [2.75, 3.05) is 5.32 Å². The predicted molar refractivity (Wildman–Crippen MR) is 45.9 cm³/mol. The van der Waals surface area contributed by atoms with Crippen LogP contribution >= 0.6 is 11.6 Å². The summed E-state index contributed by atoms with van der Waals surface area (Å²) in [5, 5.41) is 17.9. The summed E-state index contributed by atoms with van der Waals surface area (Å²) >= 11 is 5.47. The number of carbonyl (C=O) groups is 1. The van der Waals surface area contributed by atoms with Gasteiger partial charge in [-0.2, -0.15) is 5.26 Å². The van der Waals surface area contributed by atoms with E-state index in [2.05, 4.69) is 15.5 Å². The number of amides is 1. The lowest BCUT2D eigenvalue weighted by molar-refractivity contribution is -0.115. The molecule has 0 aliphatic heterocycles. The third-order valence-corrected chi connectivity index (χ3v) is 1.34. The second-order valence-electron chi connectivity index (χ2n) is 2.12. The van der Waals surface area contributed by atoms with Crippen molar-refractivity contribution < 1.29 is 4.79 Å². The molecule has 0 aromatic carbocycles. The van der Waals surface area contributed by atoms with Gasteiger partial charge < -0.3 is 5.32 Å². The molecule has 1 N–H and O–H groups in total. The number of nitrogens with zero attached hydrogens (tertiary/aromatic N) is 3. The van der Waals surface area contributed by atoms with E-state index in [-0.39, 0.29) is 17.4 Å². The number of anilines is 1. The van der Waals surface area contributed by atoms with Crippen molar-refractivity contribution >= 4 is 23.3 Å². The highest BCUT2D eigenvalue weighted by atomic mass is 35.5. The standard InChI is InChI=1S/C7H5ClN4O/c8-5-1-2-6(12-11-5)10-7(13)3-4-9/h1-2H,3H2,(H,10,12,13). The molecule has 0 aliphatic rings. The highest BCUT2D eigenvalue weighted by molar-refractivity contribution is 6.29. The van der Waals surface area contributed by atoms with Crippen molar-refractivity contribution in [3.05, 3.63) is 17.3 Å². The minimum absolute atomic E-state index is 0.204. The molecule has 0 atom stereocenters. The molecule has 1 amide bonds. The summed E-state index contributed by atoms with van der Waals surface area (Å²) in [5.41, 5.74) is 0. The molecule has 0 aliphatic carbocycles. The van der Waals surface area contributed by atoms with Crippen LogP contribution in [0.3, 0.4) is 0 Å². The molecule has 0 spiro atoms. The highest BCUT2D eigenvalue weighted by Crippen LogP contribution is 2.05. The molecular weight excluding hydrogens is 192 g/mol. The van der Waals surface area contributed by atoms with E-state index in [1.807, 2.05) is 0 Å². The Morgan fingerprint density at radius 2 is 2.38 bits per heavy atom. The van der Waals surface area contributed by atoms with Crippen LogP contribution in [-0.2, 0) is 4.79 Å². The molecule has 1 rings (SSSR count). The van der Waals surface area contributed by atoms with Crippen LogP contribution in [0.25, 0.3) is 0 Å². The van der Waals surface area contributed by atoms with Crippen LogP contribution in [0.1, 0.15) is 6.42 Å². The number of hydrogen-bond donors (Lipinski definition) is 1. The van der Waals surface area contributed by atoms with Crippen molar-refractivity contribution in [3.8, 4) is 6.07 Å². The van der Waals surface area contributed by atoms with Gasteiger partial charge in [0.1, 0.15) is 6.42 Å². The summed E-state index contributed by atoms with van der Waals surface area (Å²) in [6.45, 7) is 0. The quantitative estimate of drug-likeness (QED) is 0.765. The van der Waals surface area contributed by atoms with Crippen LogP contribution in [0.15, 0.2) is 12.1 Å². The van der Waals surface area contributed by atoms with E-state index in [0.717, 1.165) is 0 Å². The Morgan fingerprint density at radius 3 is 2.92 bits per heavy atom. The van der Waals surface area contributed by atoms with Gasteiger partial charge in [-0.25, -0.2) is 0 Å². The average Bonchev–Trinajstić information content (AvgIpc) is 2.09. The second-order valence-corrected chi connectivity index (χ2v) is 2.51. The van der Waals surface area contributed by atoms with E-state index in [0.29, 0.717) is 0 Å². The van der Waals surface area contributed by atoms with Crippen molar-refractivity contribution in [3.63, 3.8) is 0 Å². The van der Waals surface area contributed by atoms with Gasteiger partial charge in [0, 0.05) is 0 Å². The van der Waals surface area contributed by atoms with Crippen molar-refractivity contribution in [2.24, 2.45) is 0 Å². The van der Waals surface area contributed by atoms with Crippen LogP contribution < -0.4 is 5.32 Å². The first-order chi connectivity index (χ1) is 6.22. The minimum atomic E-state index is -0.417. The maximum atomic E-state index is 10.9. The van der Waals surface area contributed by atoms with Crippen LogP contribution in [-0.4, -0.2) is 16.1 Å². The number of aromatic nitrogens is 2. The molecular formula is C7H5ClN4O. The van der Waals surface area contributed by atoms with Crippen LogP contribution in [0, 0.1) is 11.3 Å². The van der Waals surface area contributed by atoms with Crippen LogP contribution in [0.5, 0.6) is 0 Å². The van der Waals surface area contributed by atoms with Gasteiger partial charge in [-0.1, -0.05) is 11.6 Å². The summed E-state index contributed by atoms with van der Waals surface area (Å²) in [7, 11) is 0. The lowest BCUT2D eigenvalue weighted by Gasteiger charge is -1.98. The predicted octanol–water partition coefficient (Wildman–Crippen LogP) is 0.982. The molecule has 5 nitrogen and oxygen atoms in total. The first kappa shape index (κ1) is 9.42. The summed E-state index contributed by atoms with van der Waals surface area (Å²) in [4.78, 5) is 10.9. The van der Waals surface area contributed by atoms with E-state index in [9.17, 15) is 4.79 Å². The first-order valence-corrected chi connectivity index (χ1v) is 3.76. The summed E-state index contributed by atoms with van der Waals surface area (Å²) in [5.74, 6) is -0.135. The van der Waals surface area contributed by atoms with E-state index < -0.39 is 5.91 Å². The molecule has 0 unspecified atom stereocenters. The lowest BCUT2D eigenvalue weighted by atomic mass is 10.4. The Morgan fingerprint density at radius 1 is 1.62 bits per heavy atom. The Bertz CT molecular complexity index is 343. The maximum absolute atomic E-state index is 10.9. The van der Waals surface area contributed by atoms with Gasteiger partial charge in [0.05, 0.1) is 6.07 Å². The fraction of sp³-hybridized carbons (Fsp3) is 0.143. The van der Waals surface area contributed by atoms with E-state index in [1.165, 1.54) is 12.1 Å². The molecule has 0 saturated heterocycles. The van der Waals surface area contributed by atoms with Gasteiger partial charge in [0.25, 0.3) is 0 Å². The third kappa shape index (κ3) is 3.05. The molecule has 1 aromatic rings. The fourth-order valence-electron chi connectivity index (χ4n) is 0.642. The third-order valence-electron chi connectivity index (χ3n) is 1.14. The zero-order valence-corrected chi connectivity index (χ0v) is 7.25. The van der Waals surface area contributed by atoms with Crippen molar-refractivity contribution in [2.45, 2.75) is 6.42 Å². The van der Waals surface area contributed by atoms with Gasteiger partial charge >= 0.3 is 0 Å². The topological polar surface area (TPSA) is 78.7 Å². The summed E-state index contributed by atoms with van der Waals surface area (Å²) in [6.07, 6.45) is -0.204. The van der Waals surface area contributed by atoms with Gasteiger partial charge in [-0.3, -0.25) is 4.79 Å². The summed E-state index contributed by atoms with van der Waals surface area (Å²) < 4.78 is 0. The van der Waals surface area contributed by atoms with Gasteiger partial charge in [-0.15, -0.1) is 10.2 Å². The SMILES string of the molecule is N#CCC(=O)Nc1ccc(Cl)nn1. The highest BCUT2D eigenvalue weighted by Gasteiger charge is 2.01. The number of nitriles is 1. The normalized spacial score (nSPS) is 8.92. The Balaban J connectivity index is 2.60. The van der Waals surface area contributed by atoms with E-state index in [1.54, 1.807) is 6.07 Å². The molecule has 0 fully saturated rings.